The Labute approximate surface area is 436 Å². The lowest BCUT2D eigenvalue weighted by Gasteiger charge is -2.42. The molecule has 414 valence electrons. The van der Waals surface area contributed by atoms with Crippen LogP contribution in [-0.2, 0) is 32.0 Å². The smallest absolute Gasteiger partial charge is 0.407 e. The van der Waals surface area contributed by atoms with E-state index in [1.165, 1.54) is 35.9 Å². The second kappa shape index (κ2) is 23.2. The van der Waals surface area contributed by atoms with Gasteiger partial charge in [0, 0.05) is 79.1 Å². The number of aromatic nitrogens is 3. The van der Waals surface area contributed by atoms with Gasteiger partial charge in [0.25, 0.3) is 5.91 Å². The molecule has 3 saturated heterocycles. The molecule has 6 N–H and O–H groups in total. The maximum atomic E-state index is 15.9. The standard InChI is InChI=1S/C51H56F8N10O8/c1-48(2,50(54,55)56)41(65-47(75)76-5)44(71)63-38(17-29-10-7-28(8-11-29)9-12-30-13-14-40(62-21-30)69-23-32-20-33(69)22-68(32)34-26-77-27-34)39(70)25-67(66-45(72)42(64-46(73)74)49(3,4)51(57,58)59)24-35-36(52)18-31(19-37(35)53)43-60-15-6-16-61-43/h6-8,10-11,13-16,18-19,21,32-34,38-39,41-42,64,70H,17,20,22-27H2,1-5H3,(H,63,71)(H,65,75)(H,66,72)(H,73,74)/t32-,33-,38?,39?,41?,42?/m1/s1. The number of anilines is 1. The van der Waals surface area contributed by atoms with Gasteiger partial charge in [0.05, 0.1) is 49.3 Å². The number of carbonyl (C=O) groups is 4. The maximum absolute atomic E-state index is 15.9. The zero-order valence-corrected chi connectivity index (χ0v) is 42.2. The summed E-state index contributed by atoms with van der Waals surface area (Å²) < 4.78 is 128. The normalized spacial score (nSPS) is 18.6. The van der Waals surface area contributed by atoms with Gasteiger partial charge in [0.1, 0.15) is 29.5 Å². The van der Waals surface area contributed by atoms with E-state index in [0.29, 0.717) is 67.5 Å². The minimum absolute atomic E-state index is 0.111. The van der Waals surface area contributed by atoms with Crippen LogP contribution in [0, 0.1) is 34.3 Å². The first-order valence-corrected chi connectivity index (χ1v) is 24.1. The summed E-state index contributed by atoms with van der Waals surface area (Å²) in [7, 11) is 0.833. The number of halogens is 8. The minimum atomic E-state index is -5.24. The van der Waals surface area contributed by atoms with Gasteiger partial charge in [-0.2, -0.15) is 26.3 Å². The number of amides is 4. The summed E-state index contributed by atoms with van der Waals surface area (Å²) >= 11 is 0. The van der Waals surface area contributed by atoms with E-state index in [-0.39, 0.29) is 11.4 Å². The molecule has 4 unspecified atom stereocenters. The first-order valence-electron chi connectivity index (χ1n) is 24.1. The van der Waals surface area contributed by atoms with E-state index in [1.807, 2.05) is 22.9 Å². The number of hydrogen-bond acceptors (Lipinski definition) is 13. The van der Waals surface area contributed by atoms with Crippen molar-refractivity contribution in [2.45, 2.75) is 102 Å². The fraction of sp³-hybridized carbons (Fsp3) is 0.471. The van der Waals surface area contributed by atoms with Crippen LogP contribution in [0.5, 0.6) is 0 Å². The van der Waals surface area contributed by atoms with E-state index in [2.05, 4.69) is 46.6 Å². The first kappa shape index (κ1) is 57.5. The second-order valence-electron chi connectivity index (χ2n) is 20.1. The number of likely N-dealkylation sites (tertiary alicyclic amines) is 1. The Morgan fingerprint density at radius 3 is 1.92 bits per heavy atom. The average Bonchev–Trinajstić information content (AvgIpc) is 4.02. The average molecular weight is 1090 g/mol. The van der Waals surface area contributed by atoms with Crippen LogP contribution >= 0.6 is 0 Å². The number of piperazine rings is 1. The quantitative estimate of drug-likeness (QED) is 0.0421. The topological polar surface area (TPSA) is 224 Å². The Morgan fingerprint density at radius 1 is 0.805 bits per heavy atom. The predicted octanol–water partition coefficient (Wildman–Crippen LogP) is 5.34. The van der Waals surface area contributed by atoms with Gasteiger partial charge >= 0.3 is 24.5 Å². The van der Waals surface area contributed by atoms with Crippen LogP contribution in [0.4, 0.5) is 50.5 Å². The lowest BCUT2D eigenvalue weighted by molar-refractivity contribution is -0.221. The number of alkyl halides is 6. The highest BCUT2D eigenvalue weighted by Gasteiger charge is 2.57. The third-order valence-corrected chi connectivity index (χ3v) is 14.1. The summed E-state index contributed by atoms with van der Waals surface area (Å²) in [6, 6.07) is 7.36. The number of nitrogens with one attached hydrogen (secondary N) is 4. The van der Waals surface area contributed by atoms with Crippen molar-refractivity contribution in [3.63, 3.8) is 0 Å². The largest absolute Gasteiger partial charge is 0.465 e. The first-order chi connectivity index (χ1) is 36.2. The number of aliphatic hydroxyl groups is 1. The van der Waals surface area contributed by atoms with E-state index in [4.69, 9.17) is 4.74 Å². The predicted molar refractivity (Wildman–Crippen MR) is 259 cm³/mol. The van der Waals surface area contributed by atoms with Crippen LogP contribution in [0.2, 0.25) is 0 Å². The number of nitrogens with zero attached hydrogens (tertiary/aromatic N) is 6. The van der Waals surface area contributed by atoms with Crippen molar-refractivity contribution in [1.29, 1.82) is 0 Å². The summed E-state index contributed by atoms with van der Waals surface area (Å²) in [4.78, 5) is 69.4. The van der Waals surface area contributed by atoms with Crippen LogP contribution in [0.15, 0.2) is 73.2 Å². The molecule has 0 aliphatic carbocycles. The summed E-state index contributed by atoms with van der Waals surface area (Å²) in [6.45, 7) is 3.37. The van der Waals surface area contributed by atoms with Crippen molar-refractivity contribution in [3.05, 3.63) is 107 Å². The van der Waals surface area contributed by atoms with Gasteiger partial charge in [0.2, 0.25) is 5.91 Å². The molecule has 0 radical (unpaired) electrons. The number of carboxylic acid groups (broad SMARTS) is 1. The summed E-state index contributed by atoms with van der Waals surface area (Å²) in [5, 5.41) is 27.7. The molecule has 0 spiro atoms. The molecule has 0 saturated carbocycles. The number of pyridine rings is 1. The SMILES string of the molecule is COC(=O)NC(C(=O)NC(Cc1ccc(C#Cc2ccc(N3C[C@H]4C[C@@H]3CN4C3COC3)nc2)cc1)C(O)CN(Cc1c(F)cc(-c2ncccn2)cc1F)NC(=O)C(NC(=O)O)C(C)(C)C(F)(F)F)C(C)(C)C(F)(F)F. The number of fused-ring (bicyclic) bond motifs is 2. The fourth-order valence-electron chi connectivity index (χ4n) is 9.16. The Hall–Kier alpha value is -7.21. The molecule has 7 rings (SSSR count). The molecule has 4 aromatic rings. The molecule has 3 fully saturated rings. The van der Waals surface area contributed by atoms with Gasteiger partial charge in [-0.05, 0) is 88.6 Å². The monoisotopic (exact) mass is 1090 g/mol. The highest BCUT2D eigenvalue weighted by molar-refractivity contribution is 5.87. The summed E-state index contributed by atoms with van der Waals surface area (Å²) in [5.41, 5.74) is -3.78. The molecular weight excluding hydrogens is 1030 g/mol. The van der Waals surface area contributed by atoms with Crippen molar-refractivity contribution in [1.82, 2.24) is 46.2 Å². The van der Waals surface area contributed by atoms with Gasteiger partial charge < -0.3 is 40.5 Å². The molecule has 77 heavy (non-hydrogen) atoms. The third-order valence-electron chi connectivity index (χ3n) is 14.1. The number of hydrazine groups is 1. The molecule has 2 bridgehead atoms. The van der Waals surface area contributed by atoms with E-state index in [0.717, 1.165) is 57.8 Å². The number of carbonyl (C=O) groups excluding carboxylic acids is 3. The van der Waals surface area contributed by atoms with Crippen molar-refractivity contribution < 1.29 is 74.0 Å². The molecule has 3 aliphatic heterocycles. The van der Waals surface area contributed by atoms with Crippen LogP contribution in [-0.4, -0.2) is 154 Å². The molecule has 2 aromatic heterocycles. The van der Waals surface area contributed by atoms with Crippen molar-refractivity contribution >= 4 is 29.8 Å². The highest BCUT2D eigenvalue weighted by Crippen LogP contribution is 2.42. The fourth-order valence-corrected chi connectivity index (χ4v) is 9.16. The van der Waals surface area contributed by atoms with Crippen LogP contribution in [0.25, 0.3) is 11.4 Å². The van der Waals surface area contributed by atoms with Gasteiger partial charge in [0.15, 0.2) is 5.82 Å². The van der Waals surface area contributed by atoms with Crippen molar-refractivity contribution in [3.8, 4) is 23.2 Å². The Balaban J connectivity index is 1.17. The maximum Gasteiger partial charge on any atom is 0.407 e. The number of rotatable bonds is 18. The third kappa shape index (κ3) is 13.3. The number of hydrogen-bond donors (Lipinski definition) is 6. The Bertz CT molecular complexity index is 2810. The zero-order chi connectivity index (χ0) is 56.2. The van der Waals surface area contributed by atoms with Crippen LogP contribution in [0.1, 0.15) is 56.4 Å². The van der Waals surface area contributed by atoms with Crippen molar-refractivity contribution in [2.24, 2.45) is 10.8 Å². The van der Waals surface area contributed by atoms with E-state index >= 15 is 8.78 Å². The minimum Gasteiger partial charge on any atom is -0.465 e. The van der Waals surface area contributed by atoms with Gasteiger partial charge in [-0.25, -0.2) is 38.3 Å². The van der Waals surface area contributed by atoms with Gasteiger partial charge in [-0.15, -0.1) is 0 Å². The lowest BCUT2D eigenvalue weighted by Crippen LogP contribution is -2.63. The zero-order valence-electron chi connectivity index (χ0n) is 42.2. The van der Waals surface area contributed by atoms with Gasteiger partial charge in [-0.3, -0.25) is 19.9 Å². The van der Waals surface area contributed by atoms with Crippen molar-refractivity contribution in [2.75, 3.05) is 44.9 Å². The second-order valence-corrected chi connectivity index (χ2v) is 20.1. The van der Waals surface area contributed by atoms with E-state index in [1.54, 1.807) is 18.3 Å². The highest BCUT2D eigenvalue weighted by atomic mass is 19.4. The summed E-state index contributed by atoms with van der Waals surface area (Å²) in [6.07, 6.45) is -11.2. The lowest BCUT2D eigenvalue weighted by atomic mass is 9.82. The Kier molecular flexibility index (Phi) is 17.3. The molecule has 3 aliphatic rings. The molecule has 6 atom stereocenters. The Morgan fingerprint density at radius 2 is 1.40 bits per heavy atom. The van der Waals surface area contributed by atoms with E-state index < -0.39 is 108 Å². The number of methoxy groups -OCH3 is 1. The number of benzene rings is 2. The molecule has 26 heteroatoms. The van der Waals surface area contributed by atoms with Gasteiger partial charge in [-0.1, -0.05) is 24.0 Å². The van der Waals surface area contributed by atoms with Crippen LogP contribution in [0.3, 0.4) is 0 Å². The number of alkyl carbamates (subject to hydrolysis) is 1. The molecule has 4 amide bonds. The molecule has 18 nitrogen and oxygen atoms in total. The number of aliphatic hydroxyl groups excluding tert-OH is 1. The van der Waals surface area contributed by atoms with E-state index in [9.17, 15) is 55.7 Å². The molecule has 2 aromatic carbocycles. The van der Waals surface area contributed by atoms with Crippen LogP contribution < -0.4 is 26.3 Å². The summed E-state index contributed by atoms with van der Waals surface area (Å²) in [5.74, 6) is 0.935. The molecule has 5 heterocycles. The molecular formula is C51H56F8N10O8. The number of ether oxygens (including phenoxy) is 2.